The molecular weight excluding hydrogens is 371 g/mol. The highest BCUT2D eigenvalue weighted by molar-refractivity contribution is 9.10. The number of ether oxygens (including phenoxy) is 2. The Morgan fingerprint density at radius 1 is 1.08 bits per heavy atom. The van der Waals surface area contributed by atoms with E-state index in [-0.39, 0.29) is 17.3 Å². The predicted molar refractivity (Wildman–Crippen MR) is 99.0 cm³/mol. The first-order valence-corrected chi connectivity index (χ1v) is 8.86. The van der Waals surface area contributed by atoms with Gasteiger partial charge in [-0.3, -0.25) is 0 Å². The van der Waals surface area contributed by atoms with Crippen LogP contribution in [0.25, 0.3) is 0 Å². The van der Waals surface area contributed by atoms with Crippen molar-refractivity contribution in [3.05, 3.63) is 63.9 Å². The summed E-state index contributed by atoms with van der Waals surface area (Å²) in [6, 6.07) is 13.1. The van der Waals surface area contributed by atoms with E-state index in [4.69, 9.17) is 9.47 Å². The Bertz CT molecular complexity index is 666. The van der Waals surface area contributed by atoms with Crippen molar-refractivity contribution >= 4 is 15.9 Å². The van der Waals surface area contributed by atoms with Gasteiger partial charge in [-0.2, -0.15) is 0 Å². The monoisotopic (exact) mass is 394 g/mol. The molecular formula is C20H24BrFO2. The summed E-state index contributed by atoms with van der Waals surface area (Å²) >= 11 is 3.20. The molecule has 0 N–H and O–H groups in total. The largest absolute Gasteiger partial charge is 0.491 e. The first-order valence-electron chi connectivity index (χ1n) is 8.07. The van der Waals surface area contributed by atoms with Crippen molar-refractivity contribution in [1.29, 1.82) is 0 Å². The third kappa shape index (κ3) is 5.32. The molecule has 0 saturated heterocycles. The summed E-state index contributed by atoms with van der Waals surface area (Å²) in [5.74, 6) is 0.615. The van der Waals surface area contributed by atoms with E-state index in [9.17, 15) is 4.39 Å². The predicted octanol–water partition coefficient (Wildman–Crippen LogP) is 5.87. The van der Waals surface area contributed by atoms with Crippen molar-refractivity contribution in [3.8, 4) is 5.75 Å². The van der Waals surface area contributed by atoms with E-state index in [1.165, 1.54) is 11.6 Å². The van der Waals surface area contributed by atoms with E-state index in [2.05, 4.69) is 41.9 Å². The highest BCUT2D eigenvalue weighted by Crippen LogP contribution is 2.26. The Labute approximate surface area is 152 Å². The third-order valence-corrected chi connectivity index (χ3v) is 4.33. The summed E-state index contributed by atoms with van der Waals surface area (Å²) in [6.45, 7) is 9.35. The van der Waals surface area contributed by atoms with Crippen molar-refractivity contribution in [3.63, 3.8) is 0 Å². The molecule has 0 fully saturated rings. The van der Waals surface area contributed by atoms with Crippen LogP contribution in [-0.2, 0) is 16.8 Å². The van der Waals surface area contributed by atoms with Gasteiger partial charge in [0.15, 0.2) is 0 Å². The number of hydrogen-bond acceptors (Lipinski definition) is 2. The second-order valence-corrected chi connectivity index (χ2v) is 7.67. The Balaban J connectivity index is 1.93. The Kier molecular flexibility index (Phi) is 6.41. The fourth-order valence-electron chi connectivity index (χ4n) is 2.39. The van der Waals surface area contributed by atoms with E-state index in [0.29, 0.717) is 17.7 Å². The van der Waals surface area contributed by atoms with E-state index in [0.717, 1.165) is 11.3 Å². The summed E-state index contributed by atoms with van der Waals surface area (Å²) in [6.07, 6.45) is 0.169. The average molecular weight is 395 g/mol. The second-order valence-electron chi connectivity index (χ2n) is 6.82. The van der Waals surface area contributed by atoms with E-state index in [1.54, 1.807) is 12.1 Å². The zero-order valence-electron chi connectivity index (χ0n) is 14.6. The highest BCUT2D eigenvalue weighted by atomic mass is 79.9. The summed E-state index contributed by atoms with van der Waals surface area (Å²) in [7, 11) is 0. The summed E-state index contributed by atoms with van der Waals surface area (Å²) in [5.41, 5.74) is 2.02. The van der Waals surface area contributed by atoms with Gasteiger partial charge in [0.2, 0.25) is 0 Å². The standard InChI is InChI=1S/C20H24BrFO2/c1-14(2)24-17-8-6-16(7-9-17)20(3,4)13-23-12-15-5-10-19(22)18(21)11-15/h5-11,14H,12-13H2,1-4H3. The Morgan fingerprint density at radius 3 is 2.33 bits per heavy atom. The van der Waals surface area contributed by atoms with Gasteiger partial charge in [-0.15, -0.1) is 0 Å². The van der Waals surface area contributed by atoms with Crippen LogP contribution in [0, 0.1) is 5.82 Å². The molecule has 2 nitrogen and oxygen atoms in total. The first-order chi connectivity index (χ1) is 11.3. The molecule has 2 aromatic carbocycles. The second kappa shape index (κ2) is 8.13. The number of rotatable bonds is 7. The number of halogens is 2. The van der Waals surface area contributed by atoms with E-state index < -0.39 is 0 Å². The van der Waals surface area contributed by atoms with Crippen LogP contribution in [0.4, 0.5) is 4.39 Å². The Hall–Kier alpha value is -1.39. The van der Waals surface area contributed by atoms with Crippen LogP contribution in [0.15, 0.2) is 46.9 Å². The van der Waals surface area contributed by atoms with Gasteiger partial charge in [-0.1, -0.05) is 32.0 Å². The molecule has 2 aromatic rings. The lowest BCUT2D eigenvalue weighted by molar-refractivity contribution is 0.0824. The number of benzene rings is 2. The molecule has 130 valence electrons. The van der Waals surface area contributed by atoms with Gasteiger partial charge < -0.3 is 9.47 Å². The molecule has 0 aliphatic heterocycles. The SMILES string of the molecule is CC(C)Oc1ccc(C(C)(C)COCc2ccc(F)c(Br)c2)cc1. The minimum absolute atomic E-state index is 0.117. The first kappa shape index (κ1) is 18.9. The summed E-state index contributed by atoms with van der Waals surface area (Å²) in [4.78, 5) is 0. The zero-order valence-corrected chi connectivity index (χ0v) is 16.2. The van der Waals surface area contributed by atoms with Gasteiger partial charge in [0.25, 0.3) is 0 Å². The highest BCUT2D eigenvalue weighted by Gasteiger charge is 2.21. The van der Waals surface area contributed by atoms with E-state index >= 15 is 0 Å². The van der Waals surface area contributed by atoms with Crippen LogP contribution in [0.5, 0.6) is 5.75 Å². The molecule has 0 heterocycles. The van der Waals surface area contributed by atoms with Gasteiger partial charge in [0, 0.05) is 5.41 Å². The molecule has 0 radical (unpaired) electrons. The van der Waals surface area contributed by atoms with E-state index in [1.807, 2.05) is 26.0 Å². The minimum atomic E-state index is -0.261. The van der Waals surface area contributed by atoms with Gasteiger partial charge in [-0.05, 0) is 65.2 Å². The quantitative estimate of drug-likeness (QED) is 0.584. The van der Waals surface area contributed by atoms with Crippen LogP contribution >= 0.6 is 15.9 Å². The summed E-state index contributed by atoms with van der Waals surface area (Å²) < 4.78 is 25.2. The topological polar surface area (TPSA) is 18.5 Å². The Morgan fingerprint density at radius 2 is 1.75 bits per heavy atom. The lowest BCUT2D eigenvalue weighted by Gasteiger charge is -2.25. The molecule has 2 rings (SSSR count). The molecule has 0 saturated carbocycles. The lowest BCUT2D eigenvalue weighted by Crippen LogP contribution is -2.24. The molecule has 24 heavy (non-hydrogen) atoms. The van der Waals surface area contributed by atoms with Crippen LogP contribution in [0.2, 0.25) is 0 Å². The molecule has 0 atom stereocenters. The molecule has 0 amide bonds. The van der Waals surface area contributed by atoms with Gasteiger partial charge in [0.05, 0.1) is 23.8 Å². The van der Waals surface area contributed by atoms with Crippen molar-refractivity contribution in [2.24, 2.45) is 0 Å². The van der Waals surface area contributed by atoms with Crippen LogP contribution in [0.1, 0.15) is 38.8 Å². The van der Waals surface area contributed by atoms with Crippen LogP contribution in [0.3, 0.4) is 0 Å². The maximum Gasteiger partial charge on any atom is 0.137 e. The van der Waals surface area contributed by atoms with Gasteiger partial charge in [0.1, 0.15) is 11.6 Å². The molecule has 0 aromatic heterocycles. The minimum Gasteiger partial charge on any atom is -0.491 e. The van der Waals surface area contributed by atoms with Crippen molar-refractivity contribution in [2.75, 3.05) is 6.61 Å². The van der Waals surface area contributed by atoms with Gasteiger partial charge >= 0.3 is 0 Å². The van der Waals surface area contributed by atoms with Crippen molar-refractivity contribution in [1.82, 2.24) is 0 Å². The normalized spacial score (nSPS) is 11.8. The smallest absolute Gasteiger partial charge is 0.137 e. The molecule has 0 aliphatic rings. The van der Waals surface area contributed by atoms with Gasteiger partial charge in [-0.25, -0.2) is 4.39 Å². The lowest BCUT2D eigenvalue weighted by atomic mass is 9.85. The van der Waals surface area contributed by atoms with Crippen molar-refractivity contribution < 1.29 is 13.9 Å². The molecule has 0 bridgehead atoms. The maximum atomic E-state index is 13.2. The van der Waals surface area contributed by atoms with Crippen LogP contribution < -0.4 is 4.74 Å². The number of hydrogen-bond donors (Lipinski definition) is 0. The average Bonchev–Trinajstić information content (AvgIpc) is 2.50. The maximum absolute atomic E-state index is 13.2. The zero-order chi connectivity index (χ0) is 17.7. The molecule has 0 unspecified atom stereocenters. The summed E-state index contributed by atoms with van der Waals surface area (Å²) in [5, 5.41) is 0. The van der Waals surface area contributed by atoms with Crippen LogP contribution in [-0.4, -0.2) is 12.7 Å². The third-order valence-electron chi connectivity index (χ3n) is 3.72. The molecule has 0 aliphatic carbocycles. The molecule has 4 heteroatoms. The molecule has 0 spiro atoms. The van der Waals surface area contributed by atoms with Crippen molar-refractivity contribution in [2.45, 2.75) is 45.8 Å². The fourth-order valence-corrected chi connectivity index (χ4v) is 2.82. The fraction of sp³-hybridized carbons (Fsp3) is 0.400.